The summed E-state index contributed by atoms with van der Waals surface area (Å²) in [4.78, 5) is 58.9. The Morgan fingerprint density at radius 2 is 0.793 bits per heavy atom. The van der Waals surface area contributed by atoms with Crippen LogP contribution in [-0.4, -0.2) is 216 Å². The summed E-state index contributed by atoms with van der Waals surface area (Å²) < 4.78 is 167. The summed E-state index contributed by atoms with van der Waals surface area (Å²) in [5.41, 5.74) is 10.1. The van der Waals surface area contributed by atoms with Crippen molar-refractivity contribution >= 4 is 84.6 Å². The van der Waals surface area contributed by atoms with Crippen molar-refractivity contribution in [1.29, 1.82) is 0 Å². The van der Waals surface area contributed by atoms with Gasteiger partial charge in [-0.2, -0.15) is 0 Å². The average Bonchev–Trinajstić information content (AvgIpc) is 1.72. The van der Waals surface area contributed by atoms with Crippen LogP contribution in [0.2, 0.25) is 5.02 Å². The van der Waals surface area contributed by atoms with Crippen LogP contribution < -0.4 is 44.3 Å². The molecule has 36 heteroatoms. The number of amides is 2. The molecule has 0 spiro atoms. The lowest BCUT2D eigenvalue weighted by Crippen LogP contribution is -2.39. The monoisotopic (exact) mass is 1940 g/mol. The van der Waals surface area contributed by atoms with Crippen LogP contribution >= 0.6 is 11.6 Å². The normalized spacial score (nSPS) is 19.6. The number of anilines is 3. The Balaban J connectivity index is 0.000000119. The maximum absolute atomic E-state index is 15.1. The van der Waals surface area contributed by atoms with Gasteiger partial charge in [-0.3, -0.25) is 9.59 Å². The first-order chi connectivity index (χ1) is 67.5. The Morgan fingerprint density at radius 1 is 0.407 bits per heavy atom. The van der Waals surface area contributed by atoms with Gasteiger partial charge in [0, 0.05) is 94.3 Å². The molecule has 7 saturated heterocycles. The van der Waals surface area contributed by atoms with Gasteiger partial charge in [0.1, 0.15) is 87.7 Å². The van der Waals surface area contributed by atoms with Gasteiger partial charge in [-0.05, 0) is 147 Å². The number of benzene rings is 7. The lowest BCUT2D eigenvalue weighted by Gasteiger charge is -2.29. The molecule has 28 nitrogen and oxygen atoms in total. The molecule has 8 aromatic heterocycles. The van der Waals surface area contributed by atoms with Gasteiger partial charge >= 0.3 is 0 Å². The number of aromatic amines is 4. The van der Waals surface area contributed by atoms with Crippen molar-refractivity contribution < 1.29 is 103 Å². The molecule has 7 aliphatic rings. The Kier molecular flexibility index (Phi) is 27.6. The number of nitrogens with zero attached hydrogens (tertiary/aromatic N) is 7. The van der Waals surface area contributed by atoms with Gasteiger partial charge in [0.05, 0.1) is 161 Å². The Morgan fingerprint density at radius 3 is 1.26 bits per heavy atom. The molecule has 2 amide bonds. The number of H-pyrrole nitrogens is 4. The molecule has 7 fully saturated rings. The second-order valence-corrected chi connectivity index (χ2v) is 36.2. The summed E-state index contributed by atoms with van der Waals surface area (Å²) >= 11 is 6.56. The number of aliphatic hydroxyl groups excluding tert-OH is 2. The van der Waals surface area contributed by atoms with Crippen molar-refractivity contribution in [2.45, 2.75) is 101 Å². The number of aromatic nitrogens is 8. The van der Waals surface area contributed by atoms with E-state index >= 15 is 22.0 Å². The van der Waals surface area contributed by atoms with E-state index in [1.54, 1.807) is 53.4 Å². The molecule has 0 unspecified atom stereocenters. The van der Waals surface area contributed by atoms with Crippen LogP contribution in [0.5, 0.6) is 35.0 Å². The summed E-state index contributed by atoms with van der Waals surface area (Å²) in [6.45, 7) is 17.6. The zero-order valence-corrected chi connectivity index (χ0v) is 77.6. The highest BCUT2D eigenvalue weighted by molar-refractivity contribution is 6.36. The molecule has 8 N–H and O–H groups in total. The molecule has 7 aromatic carbocycles. The van der Waals surface area contributed by atoms with E-state index in [0.29, 0.717) is 159 Å². The molecule has 15 heterocycles. The van der Waals surface area contributed by atoms with E-state index in [4.69, 9.17) is 68.7 Å². The molecule has 0 saturated carbocycles. The minimum absolute atomic E-state index is 0.0352. The fourth-order valence-corrected chi connectivity index (χ4v) is 18.5. The third kappa shape index (κ3) is 20.7. The highest BCUT2D eigenvalue weighted by Crippen LogP contribution is 2.43. The zero-order chi connectivity index (χ0) is 97.4. The van der Waals surface area contributed by atoms with Crippen molar-refractivity contribution in [3.8, 4) is 91.2 Å². The average molecular weight is 1940 g/mol. The predicted octanol–water partition coefficient (Wildman–Crippen LogP) is 17.9. The van der Waals surface area contributed by atoms with E-state index in [1.165, 1.54) is 61.4 Å². The quantitative estimate of drug-likeness (QED) is 0.0260. The molecule has 140 heavy (non-hydrogen) atoms. The maximum atomic E-state index is 15.1. The first kappa shape index (κ1) is 95.2. The molecule has 726 valence electrons. The van der Waals surface area contributed by atoms with E-state index in [-0.39, 0.29) is 101 Å². The number of morpholine rings is 3. The van der Waals surface area contributed by atoms with Gasteiger partial charge in [-0.15, -0.1) is 0 Å². The number of hydrogen-bond donors (Lipinski definition) is 8. The summed E-state index contributed by atoms with van der Waals surface area (Å²) in [5, 5.41) is 25.8. The smallest absolute Gasteiger partial charge is 0.219 e. The Hall–Kier alpha value is -13.7. The first-order valence-corrected chi connectivity index (χ1v) is 46.2. The molecule has 0 radical (unpaired) electrons. The Bertz CT molecular complexity index is 7000. The summed E-state index contributed by atoms with van der Waals surface area (Å²) in [7, 11) is 0. The van der Waals surface area contributed by atoms with Crippen molar-refractivity contribution in [1.82, 2.24) is 50.5 Å². The highest BCUT2D eigenvalue weighted by Gasteiger charge is 2.50. The predicted molar refractivity (Wildman–Crippen MR) is 512 cm³/mol. The highest BCUT2D eigenvalue weighted by atomic mass is 35.5. The zero-order valence-electron chi connectivity index (χ0n) is 76.8. The van der Waals surface area contributed by atoms with Gasteiger partial charge in [0.2, 0.25) is 17.7 Å². The minimum atomic E-state index is -1.29. The number of ether oxygens (including phenoxy) is 11. The molecular weight excluding hydrogens is 1840 g/mol. The number of aliphatic hydroxyl groups is 2. The fraction of sp³-hybridized carbons (Fsp3) is 0.308. The second kappa shape index (κ2) is 40.6. The summed E-state index contributed by atoms with van der Waals surface area (Å²) in [6.07, 6.45) is -3.32. The second-order valence-electron chi connectivity index (χ2n) is 35.8. The van der Waals surface area contributed by atoms with E-state index < -0.39 is 81.8 Å². The van der Waals surface area contributed by atoms with E-state index in [1.807, 2.05) is 110 Å². The third-order valence-electron chi connectivity index (χ3n) is 25.4. The van der Waals surface area contributed by atoms with Gasteiger partial charge in [0.25, 0.3) is 0 Å². The molecule has 7 aliphatic heterocycles. The molecule has 15 aromatic rings. The topological polar surface area (TPSA) is 325 Å². The number of nitrogens with one attached hydrogen (secondary N) is 6. The van der Waals surface area contributed by atoms with Gasteiger partial charge in [-0.25, -0.2) is 50.7 Å². The number of rotatable bonds is 20. The molecule has 8 atom stereocenters. The van der Waals surface area contributed by atoms with Crippen LogP contribution in [-0.2, 0) is 53.8 Å². The van der Waals surface area contributed by atoms with Crippen molar-refractivity contribution in [3.05, 3.63) is 257 Å². The van der Waals surface area contributed by atoms with Gasteiger partial charge in [0.15, 0.2) is 41.5 Å². The number of carbonyl (C=O) groups is 2. The number of fused-ring (bicyclic) bond motifs is 6. The van der Waals surface area contributed by atoms with Crippen LogP contribution in [0.3, 0.4) is 0 Å². The molecule has 0 bridgehead atoms. The van der Waals surface area contributed by atoms with E-state index in [9.17, 15) is 28.6 Å². The van der Waals surface area contributed by atoms with Crippen molar-refractivity contribution in [2.75, 3.05) is 120 Å². The SMILES string of the molecule is CC(=O)NC(C)(C)c1ccc(Oc2[nH]c3ccc(-c4c(F)cc(N5CCOCC5)cc4F)nc3c2Cl)cc1.CC(=O)NC(C)(C)c1ccc(Oc2cc3nc(-c4c(F)cc(N5CCOCC5)cc4F)ccc3[nH]2)cc1.O[C@@H]1CO[C@H]2[C@@H]1OC[C@H]2Oc1cc2nc(-c3c(F)cc(N4CCOCC4)c(F)c3F)ccc2[nH]1.O[C@@H]1CO[C@H]2[C@@H]1OC[C@H]2Oc1cc2nc(-c3ccc(-c4ccccc4)cc3)ccc2[nH]1. The van der Waals surface area contributed by atoms with Crippen molar-refractivity contribution in [3.63, 3.8) is 0 Å². The molecule has 22 rings (SSSR count). The molecule has 0 aliphatic carbocycles. The number of pyridine rings is 4. The number of carbonyl (C=O) groups excluding carboxylic acids is 2. The van der Waals surface area contributed by atoms with Crippen LogP contribution in [0.4, 0.5) is 47.8 Å². The van der Waals surface area contributed by atoms with Gasteiger partial charge < -0.3 is 108 Å². The number of hydrogen-bond acceptors (Lipinski definition) is 22. The fourth-order valence-electron chi connectivity index (χ4n) is 18.3. The van der Waals surface area contributed by atoms with Crippen LogP contribution in [0, 0.1) is 40.7 Å². The van der Waals surface area contributed by atoms with Crippen molar-refractivity contribution in [2.24, 2.45) is 0 Å². The standard InChI is InChI=1S/C28H27ClF2N4O3.C28H28F2N4O3.C25H22N2O4.C23H22F3N3O5/c1-16(36)34-28(2,3)17-4-6-19(7-5-17)38-27-25(29)26-23(33-27)9-8-22(32-26)24-20(30)14-18(15-21(24)31)35-10-12-37-13-11-35;1-17(35)33-28(2,3)18-4-6-20(7-5-18)37-26-16-25-23(32-26)8-9-24(31-25)27-21(29)14-19(15-22(27)30)34-10-12-36-13-11-34;28-21-13-29-25-22(14-30-24(21)25)31-23-12-20-19(27-23)11-10-18(26-20)17-8-6-16(7-9-17)15-4-2-1-3-5-15;24-11-7-15(29-3-5-31-6-4-29)20(25)21(26)19(11)13-2-1-12-14(27-13)8-18(28-12)34-17-10-33-22-16(30)9-32-23(17)22/h4-9,14-15,33H,10-13H2,1-3H3,(H,34,36);4-9,14-16,32H,10-13H2,1-3H3,(H,33,35);1-12,21-22,24-25,27-28H,13-14H2;1-2,7-8,16-17,22-23,28,30H,3-6,9-10H2/t;;21-,22-,24-,25-;16-,17-,22-,23-/m..11/s1. The van der Waals surface area contributed by atoms with E-state index in [0.717, 1.165) is 39.5 Å². The first-order valence-electron chi connectivity index (χ1n) is 45.8. The maximum Gasteiger partial charge on any atom is 0.219 e. The van der Waals surface area contributed by atoms with Gasteiger partial charge in [-0.1, -0.05) is 90.5 Å². The largest absolute Gasteiger partial charge is 0.470 e. The number of halogens is 8. The lowest BCUT2D eigenvalue weighted by molar-refractivity contribution is -0.121. The third-order valence-corrected chi connectivity index (χ3v) is 25.7. The van der Waals surface area contributed by atoms with Crippen LogP contribution in [0.25, 0.3) is 100 Å². The minimum Gasteiger partial charge on any atom is -0.470 e. The van der Waals surface area contributed by atoms with Crippen LogP contribution in [0.1, 0.15) is 52.7 Å². The summed E-state index contributed by atoms with van der Waals surface area (Å²) in [5.74, 6) is -3.49. The molecular formula is C104H99ClF7N13O15. The van der Waals surface area contributed by atoms with E-state index in [2.05, 4.69) is 81.9 Å². The lowest BCUT2D eigenvalue weighted by atomic mass is 9.94. The summed E-state index contributed by atoms with van der Waals surface area (Å²) in [6, 6.07) is 58.4. The Labute approximate surface area is 803 Å². The van der Waals surface area contributed by atoms with Crippen LogP contribution in [0.15, 0.2) is 200 Å².